The standard InChI is InChI=1S/C12H21O6PSi/c1-16-10-7-6-9(8-11(10)17-2)12(19(13,14)15)18-20(3,4)5/h6-8,12H,1-5H3,(H2,13,14,15). The highest BCUT2D eigenvalue weighted by molar-refractivity contribution is 7.52. The fourth-order valence-electron chi connectivity index (χ4n) is 1.67. The lowest BCUT2D eigenvalue weighted by Gasteiger charge is -2.27. The molecule has 0 saturated heterocycles. The summed E-state index contributed by atoms with van der Waals surface area (Å²) in [5.74, 6) is -0.384. The van der Waals surface area contributed by atoms with Gasteiger partial charge in [-0.2, -0.15) is 0 Å². The Kier molecular flexibility index (Phi) is 5.40. The van der Waals surface area contributed by atoms with Crippen molar-refractivity contribution in [3.63, 3.8) is 0 Å². The van der Waals surface area contributed by atoms with Crippen molar-refractivity contribution < 1.29 is 28.3 Å². The molecule has 1 aromatic carbocycles. The lowest BCUT2D eigenvalue weighted by molar-refractivity contribution is 0.220. The summed E-state index contributed by atoms with van der Waals surface area (Å²) >= 11 is 0. The largest absolute Gasteiger partial charge is 0.493 e. The van der Waals surface area contributed by atoms with Crippen LogP contribution in [0.25, 0.3) is 0 Å². The molecule has 0 aliphatic heterocycles. The van der Waals surface area contributed by atoms with Crippen LogP contribution in [0.4, 0.5) is 0 Å². The third kappa shape index (κ3) is 4.61. The summed E-state index contributed by atoms with van der Waals surface area (Å²) in [7, 11) is -3.60. The predicted octanol–water partition coefficient (Wildman–Crippen LogP) is 2.73. The maximum absolute atomic E-state index is 11.7. The maximum atomic E-state index is 11.7. The molecule has 0 radical (unpaired) electrons. The summed E-state index contributed by atoms with van der Waals surface area (Å²) in [5, 5.41) is 0. The van der Waals surface area contributed by atoms with Crippen LogP contribution in [-0.4, -0.2) is 32.3 Å². The summed E-state index contributed by atoms with van der Waals surface area (Å²) in [6.07, 6.45) is 0. The Hall–Kier alpha value is -0.853. The average Bonchev–Trinajstić information content (AvgIpc) is 2.33. The Bertz CT molecular complexity index is 507. The van der Waals surface area contributed by atoms with Gasteiger partial charge in [-0.25, -0.2) is 0 Å². The van der Waals surface area contributed by atoms with Crippen molar-refractivity contribution in [3.8, 4) is 11.5 Å². The molecule has 114 valence electrons. The minimum absolute atomic E-state index is 0.374. The van der Waals surface area contributed by atoms with Gasteiger partial charge in [-0.05, 0) is 37.3 Å². The third-order valence-electron chi connectivity index (χ3n) is 2.46. The molecular formula is C12H21O6PSi. The Balaban J connectivity index is 3.25. The van der Waals surface area contributed by atoms with E-state index in [0.717, 1.165) is 0 Å². The van der Waals surface area contributed by atoms with Gasteiger partial charge < -0.3 is 23.7 Å². The first-order valence-corrected chi connectivity index (χ1v) is 11.1. The van der Waals surface area contributed by atoms with Crippen molar-refractivity contribution in [3.05, 3.63) is 23.8 Å². The van der Waals surface area contributed by atoms with Crippen molar-refractivity contribution in [2.75, 3.05) is 14.2 Å². The van der Waals surface area contributed by atoms with Crippen LogP contribution in [0.2, 0.25) is 19.6 Å². The van der Waals surface area contributed by atoms with Crippen LogP contribution in [0, 0.1) is 0 Å². The summed E-state index contributed by atoms with van der Waals surface area (Å²) in [6, 6.07) is 4.71. The highest BCUT2D eigenvalue weighted by Crippen LogP contribution is 2.54. The van der Waals surface area contributed by atoms with Gasteiger partial charge >= 0.3 is 7.60 Å². The summed E-state index contributed by atoms with van der Waals surface area (Å²) in [6.45, 7) is 5.61. The molecule has 1 unspecified atom stereocenters. The minimum Gasteiger partial charge on any atom is -0.493 e. The van der Waals surface area contributed by atoms with Gasteiger partial charge in [0.15, 0.2) is 25.7 Å². The Morgan fingerprint density at radius 1 is 1.10 bits per heavy atom. The first-order valence-electron chi connectivity index (χ1n) is 6.03. The van der Waals surface area contributed by atoms with Gasteiger partial charge in [0.25, 0.3) is 0 Å². The SMILES string of the molecule is COc1ccc(C(O[Si](C)(C)C)P(=O)(O)O)cc1OC. The van der Waals surface area contributed by atoms with Gasteiger partial charge in [0, 0.05) is 0 Å². The zero-order chi connectivity index (χ0) is 15.6. The molecule has 1 aromatic rings. The van der Waals surface area contributed by atoms with E-state index in [1.807, 2.05) is 19.6 Å². The van der Waals surface area contributed by atoms with Crippen LogP contribution in [0.5, 0.6) is 11.5 Å². The monoisotopic (exact) mass is 320 g/mol. The molecule has 0 saturated carbocycles. The first kappa shape index (κ1) is 17.2. The average molecular weight is 320 g/mol. The number of rotatable bonds is 6. The summed E-state index contributed by atoms with van der Waals surface area (Å²) in [5.41, 5.74) is 0.374. The van der Waals surface area contributed by atoms with E-state index in [-0.39, 0.29) is 0 Å². The molecule has 0 bridgehead atoms. The normalized spacial score (nSPS) is 13.9. The van der Waals surface area contributed by atoms with Crippen LogP contribution in [0.15, 0.2) is 18.2 Å². The number of methoxy groups -OCH3 is 2. The zero-order valence-electron chi connectivity index (χ0n) is 12.3. The second-order valence-electron chi connectivity index (χ2n) is 5.29. The van der Waals surface area contributed by atoms with Gasteiger partial charge in [0.1, 0.15) is 0 Å². The molecule has 6 nitrogen and oxygen atoms in total. The summed E-state index contributed by atoms with van der Waals surface area (Å²) in [4.78, 5) is 19.0. The second-order valence-corrected chi connectivity index (χ2v) is 11.4. The molecule has 8 heteroatoms. The summed E-state index contributed by atoms with van der Waals surface area (Å²) < 4.78 is 27.6. The lowest BCUT2D eigenvalue weighted by atomic mass is 10.2. The van der Waals surface area contributed by atoms with Crippen molar-refractivity contribution in [1.82, 2.24) is 0 Å². The van der Waals surface area contributed by atoms with E-state index >= 15 is 0 Å². The quantitative estimate of drug-likeness (QED) is 0.619. The van der Waals surface area contributed by atoms with Crippen LogP contribution in [0.1, 0.15) is 11.4 Å². The Morgan fingerprint density at radius 3 is 2.05 bits per heavy atom. The van der Waals surface area contributed by atoms with Gasteiger partial charge in [0.2, 0.25) is 0 Å². The molecular weight excluding hydrogens is 299 g/mol. The maximum Gasteiger partial charge on any atom is 0.357 e. The molecule has 0 spiro atoms. The molecule has 20 heavy (non-hydrogen) atoms. The fourth-order valence-corrected chi connectivity index (χ4v) is 4.52. The molecule has 2 N–H and O–H groups in total. The highest BCUT2D eigenvalue weighted by atomic mass is 31.2. The minimum atomic E-state index is -4.43. The van der Waals surface area contributed by atoms with Crippen LogP contribution in [0.3, 0.4) is 0 Å². The Morgan fingerprint density at radius 2 is 1.65 bits per heavy atom. The molecule has 1 rings (SSSR count). The molecule has 0 fully saturated rings. The predicted molar refractivity (Wildman–Crippen MR) is 78.8 cm³/mol. The molecule has 0 aliphatic carbocycles. The van der Waals surface area contributed by atoms with Gasteiger partial charge in [-0.3, -0.25) is 4.57 Å². The zero-order valence-corrected chi connectivity index (χ0v) is 14.2. The lowest BCUT2D eigenvalue weighted by Crippen LogP contribution is -2.28. The van der Waals surface area contributed by atoms with Gasteiger partial charge in [-0.15, -0.1) is 0 Å². The molecule has 0 aliphatic rings. The number of hydrogen-bond donors (Lipinski definition) is 2. The molecule has 0 aromatic heterocycles. The van der Waals surface area contributed by atoms with Crippen molar-refractivity contribution in [1.29, 1.82) is 0 Å². The van der Waals surface area contributed by atoms with E-state index in [1.54, 1.807) is 12.1 Å². The third-order valence-corrected chi connectivity index (χ3v) is 4.62. The van der Waals surface area contributed by atoms with E-state index in [0.29, 0.717) is 17.1 Å². The van der Waals surface area contributed by atoms with E-state index < -0.39 is 21.8 Å². The van der Waals surface area contributed by atoms with Crippen molar-refractivity contribution in [2.45, 2.75) is 25.5 Å². The topological polar surface area (TPSA) is 85.2 Å². The molecule has 0 amide bonds. The smallest absolute Gasteiger partial charge is 0.357 e. The number of benzene rings is 1. The van der Waals surface area contributed by atoms with Crippen LogP contribution >= 0.6 is 7.60 Å². The van der Waals surface area contributed by atoms with Crippen LogP contribution < -0.4 is 9.47 Å². The highest BCUT2D eigenvalue weighted by Gasteiger charge is 2.36. The molecule has 1 atom stereocenters. The van der Waals surface area contributed by atoms with Gasteiger partial charge in [-0.1, -0.05) is 6.07 Å². The van der Waals surface area contributed by atoms with Crippen LogP contribution in [-0.2, 0) is 8.99 Å². The fraction of sp³-hybridized carbons (Fsp3) is 0.500. The van der Waals surface area contributed by atoms with E-state index in [1.165, 1.54) is 20.3 Å². The first-order chi connectivity index (χ1) is 9.08. The second kappa shape index (κ2) is 6.28. The van der Waals surface area contributed by atoms with E-state index in [2.05, 4.69) is 0 Å². The number of ether oxygens (including phenoxy) is 2. The van der Waals surface area contributed by atoms with E-state index in [9.17, 15) is 14.4 Å². The molecule has 0 heterocycles. The van der Waals surface area contributed by atoms with E-state index in [4.69, 9.17) is 13.9 Å². The van der Waals surface area contributed by atoms with Crippen molar-refractivity contribution >= 4 is 15.9 Å². The Labute approximate surface area is 120 Å². The number of hydrogen-bond acceptors (Lipinski definition) is 4. The van der Waals surface area contributed by atoms with Crippen molar-refractivity contribution in [2.24, 2.45) is 0 Å². The van der Waals surface area contributed by atoms with Gasteiger partial charge in [0.05, 0.1) is 14.2 Å².